The molecule has 8 nitrogen and oxygen atoms in total. The van der Waals surface area contributed by atoms with Gasteiger partial charge in [-0.05, 0) is 60.9 Å². The fourth-order valence-corrected chi connectivity index (χ4v) is 4.41. The Kier molecular flexibility index (Phi) is 8.90. The first-order valence-corrected chi connectivity index (χ1v) is 11.2. The van der Waals surface area contributed by atoms with E-state index in [9.17, 15) is 14.3 Å². The van der Waals surface area contributed by atoms with Crippen LogP contribution >= 0.6 is 0 Å². The molecule has 2 unspecified atom stereocenters. The maximum Gasteiger partial charge on any atom is 0.310 e. The number of hydrazine groups is 2. The van der Waals surface area contributed by atoms with Gasteiger partial charge in [0, 0.05) is 19.1 Å². The molecule has 180 valence electrons. The molecule has 0 aliphatic carbocycles. The summed E-state index contributed by atoms with van der Waals surface area (Å²) in [5, 5.41) is 16.5. The Balaban J connectivity index is 1.64. The van der Waals surface area contributed by atoms with Gasteiger partial charge in [-0.25, -0.2) is 9.40 Å². The third-order valence-electron chi connectivity index (χ3n) is 6.32. The lowest BCUT2D eigenvalue weighted by molar-refractivity contribution is -0.147. The number of halogens is 1. The van der Waals surface area contributed by atoms with Crippen LogP contribution in [0.25, 0.3) is 17.0 Å². The summed E-state index contributed by atoms with van der Waals surface area (Å²) in [4.78, 5) is 12.5. The fraction of sp³-hybridized carbons (Fsp3) is 0.458. The van der Waals surface area contributed by atoms with E-state index >= 15 is 0 Å². The molecule has 2 aromatic carbocycles. The number of rotatable bonds is 9. The number of nitrogens with zero attached hydrogens (tertiary/aromatic N) is 2. The van der Waals surface area contributed by atoms with Crippen molar-refractivity contribution >= 4 is 5.97 Å². The van der Waals surface area contributed by atoms with E-state index in [4.69, 9.17) is 16.4 Å². The first kappa shape index (κ1) is 25.2. The highest BCUT2D eigenvalue weighted by Crippen LogP contribution is 2.28. The first-order chi connectivity index (χ1) is 15.8. The van der Waals surface area contributed by atoms with E-state index in [2.05, 4.69) is 5.32 Å². The summed E-state index contributed by atoms with van der Waals surface area (Å²) in [6.45, 7) is 3.19. The normalized spacial score (nSPS) is 19.8. The number of nitrogens with two attached hydrogens (primary N) is 1. The molecule has 4 atom stereocenters. The second-order valence-corrected chi connectivity index (χ2v) is 8.62. The van der Waals surface area contributed by atoms with Crippen LogP contribution < -0.4 is 11.2 Å². The van der Waals surface area contributed by atoms with Crippen molar-refractivity contribution in [3.05, 3.63) is 65.8 Å². The molecule has 0 saturated carbocycles. The Morgan fingerprint density at radius 1 is 1.27 bits per heavy atom. The number of methoxy groups -OCH3 is 1. The van der Waals surface area contributed by atoms with Gasteiger partial charge in [0.25, 0.3) is 0 Å². The molecule has 1 fully saturated rings. The molecule has 0 aromatic heterocycles. The van der Waals surface area contributed by atoms with Crippen molar-refractivity contribution in [2.75, 3.05) is 20.2 Å². The predicted octanol–water partition coefficient (Wildman–Crippen LogP) is 3.41. The number of aliphatic hydroxyl groups is 1. The zero-order chi connectivity index (χ0) is 24.0. The molecule has 0 bridgehead atoms. The van der Waals surface area contributed by atoms with Crippen LogP contribution in [0.15, 0.2) is 48.5 Å². The summed E-state index contributed by atoms with van der Waals surface area (Å²) in [6, 6.07) is 13.2. The van der Waals surface area contributed by atoms with E-state index in [0.29, 0.717) is 18.5 Å². The van der Waals surface area contributed by atoms with Gasteiger partial charge >= 0.3 is 5.97 Å². The van der Waals surface area contributed by atoms with Gasteiger partial charge in [-0.1, -0.05) is 36.4 Å². The number of hydrogen-bond acceptors (Lipinski definition) is 7. The number of piperidine rings is 1. The van der Waals surface area contributed by atoms with Gasteiger partial charge in [-0.2, -0.15) is 0 Å². The van der Waals surface area contributed by atoms with Gasteiger partial charge in [-0.3, -0.25) is 21.2 Å². The van der Waals surface area contributed by atoms with E-state index in [1.807, 2.05) is 19.1 Å². The number of carbonyl (C=O) groups excluding carboxylic acids is 1. The van der Waals surface area contributed by atoms with Crippen LogP contribution in [0.5, 0.6) is 0 Å². The van der Waals surface area contributed by atoms with E-state index < -0.39 is 12.1 Å². The quantitative estimate of drug-likeness (QED) is 0.228. The number of esters is 1. The molecular formula is C24H33FN5O3-. The molecule has 1 aliphatic heterocycles. The zero-order valence-electron chi connectivity index (χ0n) is 19.1. The average Bonchev–Trinajstić information content (AvgIpc) is 2.82. The summed E-state index contributed by atoms with van der Waals surface area (Å²) in [7, 11) is 1.37. The SMILES string of the molecule is COC(=O)[C@H](CC1CCCN(N([NH-])N)C1)[C@@H](C)NC(O)c1ccc(-c2ccc(F)cc2)cc1. The minimum absolute atomic E-state index is 0.190. The second-order valence-electron chi connectivity index (χ2n) is 8.62. The molecular weight excluding hydrogens is 425 g/mol. The number of ether oxygens (including phenoxy) is 1. The third-order valence-corrected chi connectivity index (χ3v) is 6.32. The summed E-state index contributed by atoms with van der Waals surface area (Å²) in [5.74, 6) is 12.3. The van der Waals surface area contributed by atoms with Crippen molar-refractivity contribution in [2.24, 2.45) is 17.7 Å². The van der Waals surface area contributed by atoms with Crippen LogP contribution in [0.4, 0.5) is 4.39 Å². The molecule has 5 N–H and O–H groups in total. The molecule has 1 heterocycles. The van der Waals surface area contributed by atoms with E-state index in [1.165, 1.54) is 19.2 Å². The molecule has 3 rings (SSSR count). The second kappa shape index (κ2) is 11.6. The smallest absolute Gasteiger partial charge is 0.310 e. The predicted molar refractivity (Wildman–Crippen MR) is 124 cm³/mol. The summed E-state index contributed by atoms with van der Waals surface area (Å²) < 4.78 is 18.2. The lowest BCUT2D eigenvalue weighted by Gasteiger charge is -2.41. The van der Waals surface area contributed by atoms with Gasteiger partial charge in [0.2, 0.25) is 0 Å². The van der Waals surface area contributed by atoms with Crippen LogP contribution in [0, 0.1) is 17.7 Å². The Hall–Kier alpha value is -2.40. The van der Waals surface area contributed by atoms with Gasteiger partial charge in [0.05, 0.1) is 13.0 Å². The van der Waals surface area contributed by atoms with Crippen LogP contribution in [0.3, 0.4) is 0 Å². The molecule has 1 saturated heterocycles. The van der Waals surface area contributed by atoms with Crippen molar-refractivity contribution in [1.29, 1.82) is 0 Å². The Morgan fingerprint density at radius 2 is 1.88 bits per heavy atom. The zero-order valence-corrected chi connectivity index (χ0v) is 19.1. The number of benzene rings is 2. The van der Waals surface area contributed by atoms with Gasteiger partial charge in [0.1, 0.15) is 12.0 Å². The standard InChI is InChI=1S/C24H33FN5O3/c1-16(22(24(32)33-2)14-17-4-3-13-29(15-17)30(26)27)28-23(31)20-7-5-18(6-8-20)19-9-11-21(25)12-10-19/h5-12,16-17,22-23,26,28,31H,3-4,13-15,27H2,1-2H3/q-1/t16-,17?,22-,23?/m1/s1. The first-order valence-electron chi connectivity index (χ1n) is 11.2. The largest absolute Gasteiger partial charge is 0.580 e. The monoisotopic (exact) mass is 458 g/mol. The van der Waals surface area contributed by atoms with E-state index in [-0.39, 0.29) is 23.7 Å². The minimum atomic E-state index is -0.968. The van der Waals surface area contributed by atoms with Gasteiger partial charge in [-0.15, -0.1) is 0 Å². The number of carbonyl (C=O) groups is 1. The minimum Gasteiger partial charge on any atom is -0.580 e. The molecule has 0 radical (unpaired) electrons. The number of nitrogens with one attached hydrogen (secondary N) is 2. The van der Waals surface area contributed by atoms with E-state index in [1.54, 1.807) is 29.3 Å². The molecule has 2 aromatic rings. The summed E-state index contributed by atoms with van der Waals surface area (Å²) >= 11 is 0. The highest BCUT2D eigenvalue weighted by Gasteiger charge is 2.32. The maximum atomic E-state index is 13.2. The van der Waals surface area contributed by atoms with Gasteiger partial charge in [0.15, 0.2) is 0 Å². The van der Waals surface area contributed by atoms with Crippen LogP contribution in [-0.2, 0) is 9.53 Å². The Labute approximate surface area is 194 Å². The highest BCUT2D eigenvalue weighted by molar-refractivity contribution is 5.73. The van der Waals surface area contributed by atoms with Crippen molar-refractivity contribution in [1.82, 2.24) is 15.6 Å². The average molecular weight is 459 g/mol. The molecule has 9 heteroatoms. The third kappa shape index (κ3) is 6.80. The summed E-state index contributed by atoms with van der Waals surface area (Å²) in [6.07, 6.45) is 1.44. The Bertz CT molecular complexity index is 894. The lowest BCUT2D eigenvalue weighted by atomic mass is 9.85. The topological polar surface area (TPSA) is 115 Å². The van der Waals surface area contributed by atoms with Crippen LogP contribution in [0.1, 0.15) is 38.0 Å². The fourth-order valence-electron chi connectivity index (χ4n) is 4.41. The lowest BCUT2D eigenvalue weighted by Crippen LogP contribution is -2.49. The van der Waals surface area contributed by atoms with E-state index in [0.717, 1.165) is 35.7 Å². The molecule has 0 amide bonds. The Morgan fingerprint density at radius 3 is 2.45 bits per heavy atom. The number of hydrogen-bond donors (Lipinski definition) is 3. The van der Waals surface area contributed by atoms with Crippen LogP contribution in [-0.4, -0.2) is 47.6 Å². The molecule has 1 aliphatic rings. The highest BCUT2D eigenvalue weighted by atomic mass is 19.1. The molecule has 0 spiro atoms. The van der Waals surface area contributed by atoms with Gasteiger partial charge < -0.3 is 15.7 Å². The van der Waals surface area contributed by atoms with Crippen molar-refractivity contribution in [2.45, 2.75) is 38.5 Å². The van der Waals surface area contributed by atoms with Crippen molar-refractivity contribution in [3.8, 4) is 11.1 Å². The molecule has 33 heavy (non-hydrogen) atoms. The van der Waals surface area contributed by atoms with Crippen LogP contribution in [0.2, 0.25) is 0 Å². The van der Waals surface area contributed by atoms with Crippen molar-refractivity contribution < 1.29 is 19.0 Å². The van der Waals surface area contributed by atoms with Crippen molar-refractivity contribution in [3.63, 3.8) is 0 Å². The number of aliphatic hydroxyl groups excluding tert-OH is 1. The summed E-state index contributed by atoms with van der Waals surface area (Å²) in [5.41, 5.74) is 2.46. The maximum absolute atomic E-state index is 13.2.